The number of carboxylic acid groups (broad SMARTS) is 1. The van der Waals surface area contributed by atoms with Gasteiger partial charge in [0.2, 0.25) is 0 Å². The zero-order valence-electron chi connectivity index (χ0n) is 11.3. The fourth-order valence-electron chi connectivity index (χ4n) is 2.55. The van der Waals surface area contributed by atoms with Crippen molar-refractivity contribution in [1.29, 1.82) is 0 Å². The molecule has 1 aliphatic rings. The molecule has 3 N–H and O–H groups in total. The van der Waals surface area contributed by atoms with Gasteiger partial charge in [0.05, 0.1) is 17.3 Å². The molecule has 1 saturated heterocycles. The van der Waals surface area contributed by atoms with E-state index in [-0.39, 0.29) is 5.91 Å². The van der Waals surface area contributed by atoms with Crippen LogP contribution >= 0.6 is 11.8 Å². The number of benzene rings is 1. The average molecular weight is 305 g/mol. The summed E-state index contributed by atoms with van der Waals surface area (Å²) in [6.07, 6.45) is 2.52. The number of hydrogen-bond donors (Lipinski definition) is 3. The van der Waals surface area contributed by atoms with Gasteiger partial charge in [0.15, 0.2) is 0 Å². The van der Waals surface area contributed by atoms with E-state index in [1.165, 1.54) is 0 Å². The smallest absolute Gasteiger partial charge is 0.329 e. The van der Waals surface area contributed by atoms with Gasteiger partial charge >= 0.3 is 5.97 Å². The summed E-state index contributed by atoms with van der Waals surface area (Å²) in [5, 5.41) is 19.8. The van der Waals surface area contributed by atoms with E-state index in [1.54, 1.807) is 30.1 Å². The number of para-hydroxylation sites is 1. The third kappa shape index (κ3) is 2.49. The van der Waals surface area contributed by atoms with Gasteiger partial charge in [-0.3, -0.25) is 9.89 Å². The first-order chi connectivity index (χ1) is 10.1. The third-order valence-corrected chi connectivity index (χ3v) is 4.82. The van der Waals surface area contributed by atoms with Gasteiger partial charge in [-0.2, -0.15) is 16.9 Å². The Balaban J connectivity index is 1.91. The van der Waals surface area contributed by atoms with Crippen LogP contribution in [0.15, 0.2) is 24.4 Å². The van der Waals surface area contributed by atoms with Crippen LogP contribution in [0.25, 0.3) is 10.9 Å². The van der Waals surface area contributed by atoms with Crippen LogP contribution in [-0.2, 0) is 4.79 Å². The Labute approximate surface area is 125 Å². The lowest BCUT2D eigenvalue weighted by Crippen LogP contribution is -2.56. The summed E-state index contributed by atoms with van der Waals surface area (Å²) in [6.45, 7) is 0. The normalized spacial score (nSPS) is 17.5. The zero-order valence-corrected chi connectivity index (χ0v) is 12.1. The molecule has 0 bridgehead atoms. The Morgan fingerprint density at radius 3 is 2.81 bits per heavy atom. The minimum atomic E-state index is -1.16. The number of amides is 1. The second kappa shape index (κ2) is 5.40. The van der Waals surface area contributed by atoms with E-state index in [9.17, 15) is 14.7 Å². The first-order valence-corrected chi connectivity index (χ1v) is 7.84. The summed E-state index contributed by atoms with van der Waals surface area (Å²) in [6, 6.07) is 5.28. The van der Waals surface area contributed by atoms with Crippen molar-refractivity contribution in [3.05, 3.63) is 30.0 Å². The Morgan fingerprint density at radius 2 is 2.10 bits per heavy atom. The molecule has 0 spiro atoms. The molecule has 1 fully saturated rings. The standard InChI is InChI=1S/C14H15N3O3S/c18-12(10-3-1-2-9-8-15-17-11(9)10)16-14(13(19)20)4-6-21-7-5-14/h1-3,8H,4-7H2,(H,15,17)(H,16,18)(H,19,20). The van der Waals surface area contributed by atoms with Gasteiger partial charge < -0.3 is 10.4 Å². The summed E-state index contributed by atoms with van der Waals surface area (Å²) in [7, 11) is 0. The van der Waals surface area contributed by atoms with E-state index < -0.39 is 11.5 Å². The van der Waals surface area contributed by atoms with Crippen LogP contribution in [0.4, 0.5) is 0 Å². The molecule has 110 valence electrons. The highest BCUT2D eigenvalue weighted by Crippen LogP contribution is 2.28. The van der Waals surface area contributed by atoms with Crippen molar-refractivity contribution in [2.75, 3.05) is 11.5 Å². The largest absolute Gasteiger partial charge is 0.480 e. The number of aromatic amines is 1. The molecule has 1 aromatic carbocycles. The molecule has 2 heterocycles. The van der Waals surface area contributed by atoms with E-state index >= 15 is 0 Å². The van der Waals surface area contributed by atoms with Crippen LogP contribution in [0.1, 0.15) is 23.2 Å². The van der Waals surface area contributed by atoms with Crippen molar-refractivity contribution in [2.45, 2.75) is 18.4 Å². The van der Waals surface area contributed by atoms with Crippen LogP contribution in [0.3, 0.4) is 0 Å². The van der Waals surface area contributed by atoms with E-state index in [4.69, 9.17) is 0 Å². The van der Waals surface area contributed by atoms with Crippen molar-refractivity contribution < 1.29 is 14.7 Å². The third-order valence-electron chi connectivity index (χ3n) is 3.83. The Hall–Kier alpha value is -2.02. The number of nitrogens with zero attached hydrogens (tertiary/aromatic N) is 1. The van der Waals surface area contributed by atoms with Crippen LogP contribution < -0.4 is 5.32 Å². The van der Waals surface area contributed by atoms with E-state index in [2.05, 4.69) is 15.5 Å². The molecule has 0 radical (unpaired) electrons. The Morgan fingerprint density at radius 1 is 1.33 bits per heavy atom. The molecule has 2 aromatic rings. The zero-order chi connectivity index (χ0) is 14.9. The van der Waals surface area contributed by atoms with Crippen molar-refractivity contribution >= 4 is 34.5 Å². The maximum atomic E-state index is 12.5. The minimum Gasteiger partial charge on any atom is -0.480 e. The molecule has 0 unspecified atom stereocenters. The lowest BCUT2D eigenvalue weighted by atomic mass is 9.91. The molecule has 0 aliphatic carbocycles. The molecule has 1 aliphatic heterocycles. The number of thioether (sulfide) groups is 1. The Kier molecular flexibility index (Phi) is 3.59. The topological polar surface area (TPSA) is 95.1 Å². The maximum Gasteiger partial charge on any atom is 0.329 e. The second-order valence-electron chi connectivity index (χ2n) is 5.09. The summed E-state index contributed by atoms with van der Waals surface area (Å²) < 4.78 is 0. The fraction of sp³-hybridized carbons (Fsp3) is 0.357. The monoisotopic (exact) mass is 305 g/mol. The number of rotatable bonds is 3. The van der Waals surface area contributed by atoms with Crippen molar-refractivity contribution in [1.82, 2.24) is 15.5 Å². The molecule has 21 heavy (non-hydrogen) atoms. The average Bonchev–Trinajstić information content (AvgIpc) is 2.96. The summed E-state index contributed by atoms with van der Waals surface area (Å²) >= 11 is 1.71. The number of carbonyl (C=O) groups is 2. The first kappa shape index (κ1) is 13.9. The quantitative estimate of drug-likeness (QED) is 0.801. The predicted octanol–water partition coefficient (Wildman–Crippen LogP) is 1.64. The SMILES string of the molecule is O=C(NC1(C(=O)O)CCSCC1)c1cccc2cn[nH]c12. The summed E-state index contributed by atoms with van der Waals surface area (Å²) in [5.74, 6) is 0.133. The highest BCUT2D eigenvalue weighted by molar-refractivity contribution is 7.99. The highest BCUT2D eigenvalue weighted by atomic mass is 32.2. The van der Waals surface area contributed by atoms with Crippen molar-refractivity contribution in [3.8, 4) is 0 Å². The molecular formula is C14H15N3O3S. The van der Waals surface area contributed by atoms with Crippen molar-refractivity contribution in [3.63, 3.8) is 0 Å². The Bertz CT molecular complexity index is 692. The van der Waals surface area contributed by atoms with Crippen LogP contribution in [0.5, 0.6) is 0 Å². The lowest BCUT2D eigenvalue weighted by Gasteiger charge is -2.33. The number of aliphatic carboxylic acids is 1. The van der Waals surface area contributed by atoms with Crippen LogP contribution in [0, 0.1) is 0 Å². The number of hydrogen-bond acceptors (Lipinski definition) is 4. The van der Waals surface area contributed by atoms with E-state index in [0.717, 1.165) is 16.9 Å². The molecule has 0 atom stereocenters. The number of H-pyrrole nitrogens is 1. The highest BCUT2D eigenvalue weighted by Gasteiger charge is 2.41. The van der Waals surface area contributed by atoms with E-state index in [0.29, 0.717) is 23.9 Å². The number of aromatic nitrogens is 2. The molecule has 7 heteroatoms. The van der Waals surface area contributed by atoms with Gasteiger partial charge in [0.1, 0.15) is 5.54 Å². The van der Waals surface area contributed by atoms with Gasteiger partial charge in [-0.15, -0.1) is 0 Å². The number of fused-ring (bicyclic) bond motifs is 1. The summed E-state index contributed by atoms with van der Waals surface area (Å²) in [4.78, 5) is 24.1. The van der Waals surface area contributed by atoms with Crippen LogP contribution in [-0.4, -0.2) is 44.2 Å². The molecular weight excluding hydrogens is 290 g/mol. The second-order valence-corrected chi connectivity index (χ2v) is 6.32. The van der Waals surface area contributed by atoms with Gasteiger partial charge in [-0.25, -0.2) is 4.79 Å². The lowest BCUT2D eigenvalue weighted by molar-refractivity contribution is -0.144. The number of nitrogens with one attached hydrogen (secondary N) is 2. The van der Waals surface area contributed by atoms with Crippen molar-refractivity contribution in [2.24, 2.45) is 0 Å². The van der Waals surface area contributed by atoms with Gasteiger partial charge in [0, 0.05) is 5.39 Å². The molecule has 1 aromatic heterocycles. The van der Waals surface area contributed by atoms with Gasteiger partial charge in [-0.05, 0) is 30.4 Å². The van der Waals surface area contributed by atoms with E-state index in [1.807, 2.05) is 6.07 Å². The molecule has 3 rings (SSSR count). The van der Waals surface area contributed by atoms with Gasteiger partial charge in [-0.1, -0.05) is 12.1 Å². The maximum absolute atomic E-state index is 12.5. The van der Waals surface area contributed by atoms with Gasteiger partial charge in [0.25, 0.3) is 5.91 Å². The fourth-order valence-corrected chi connectivity index (χ4v) is 3.74. The molecule has 6 nitrogen and oxygen atoms in total. The number of carbonyl (C=O) groups excluding carboxylic acids is 1. The molecule has 1 amide bonds. The predicted molar refractivity (Wildman–Crippen MR) is 80.5 cm³/mol. The summed E-state index contributed by atoms with van der Waals surface area (Å²) in [5.41, 5.74) is -0.116. The minimum absolute atomic E-state index is 0.376. The van der Waals surface area contributed by atoms with Crippen LogP contribution in [0.2, 0.25) is 0 Å². The molecule has 0 saturated carbocycles. The number of carboxylic acids is 1. The first-order valence-electron chi connectivity index (χ1n) is 6.68.